The van der Waals surface area contributed by atoms with E-state index in [9.17, 15) is 0 Å². The van der Waals surface area contributed by atoms with Crippen LogP contribution in [0.1, 0.15) is 11.1 Å². The minimum Gasteiger partial charge on any atom is -0.350 e. The van der Waals surface area contributed by atoms with E-state index in [0.29, 0.717) is 12.5 Å². The molecule has 0 unspecified atom stereocenters. The molecule has 6 heteroatoms. The molecule has 0 aliphatic rings. The molecule has 0 saturated carbocycles. The Morgan fingerprint density at radius 2 is 1.85 bits per heavy atom. The van der Waals surface area contributed by atoms with Gasteiger partial charge < -0.3 is 10.6 Å². The topological polar surface area (TPSA) is 67.7 Å². The Morgan fingerprint density at radius 1 is 1.00 bits per heavy atom. The molecule has 0 saturated heterocycles. The van der Waals surface area contributed by atoms with Crippen LogP contribution in [0.25, 0.3) is 11.0 Å². The van der Waals surface area contributed by atoms with E-state index in [1.54, 1.807) is 10.9 Å². The molecule has 0 aliphatic carbocycles. The standard InChI is InChI=1S/C20H20N6/c1-14-7-6-10-16(11-14)23-18-17-13-22-26(2)19(17)25-20(24-18)21-12-15-8-4-3-5-9-15/h3-11,13H,12H2,1-2H3,(H2,21,23,24,25). The Hall–Kier alpha value is -3.41. The number of hydrogen-bond acceptors (Lipinski definition) is 5. The highest BCUT2D eigenvalue weighted by Gasteiger charge is 2.12. The van der Waals surface area contributed by atoms with E-state index in [1.807, 2.05) is 37.4 Å². The first kappa shape index (κ1) is 16.1. The Labute approximate surface area is 151 Å². The molecule has 26 heavy (non-hydrogen) atoms. The third-order valence-electron chi connectivity index (χ3n) is 4.17. The zero-order valence-electron chi connectivity index (χ0n) is 14.8. The van der Waals surface area contributed by atoms with Crippen molar-refractivity contribution in [3.8, 4) is 0 Å². The van der Waals surface area contributed by atoms with E-state index >= 15 is 0 Å². The molecule has 0 aliphatic heterocycles. The Bertz CT molecular complexity index is 1040. The summed E-state index contributed by atoms with van der Waals surface area (Å²) in [5.41, 5.74) is 4.14. The zero-order valence-corrected chi connectivity index (χ0v) is 14.8. The maximum absolute atomic E-state index is 4.67. The maximum atomic E-state index is 4.67. The third kappa shape index (κ3) is 3.35. The molecule has 0 amide bonds. The number of hydrogen-bond donors (Lipinski definition) is 2. The first-order valence-corrected chi connectivity index (χ1v) is 8.50. The molecule has 2 N–H and O–H groups in total. The number of aryl methyl sites for hydroxylation is 2. The molecule has 130 valence electrons. The first-order valence-electron chi connectivity index (χ1n) is 8.50. The number of anilines is 3. The van der Waals surface area contributed by atoms with Gasteiger partial charge in [0.2, 0.25) is 5.95 Å². The Balaban J connectivity index is 1.67. The molecule has 0 bridgehead atoms. The quantitative estimate of drug-likeness (QED) is 0.572. The summed E-state index contributed by atoms with van der Waals surface area (Å²) >= 11 is 0. The van der Waals surface area contributed by atoms with Gasteiger partial charge in [-0.05, 0) is 30.2 Å². The van der Waals surface area contributed by atoms with Crippen molar-refractivity contribution in [2.45, 2.75) is 13.5 Å². The summed E-state index contributed by atoms with van der Waals surface area (Å²) < 4.78 is 1.76. The lowest BCUT2D eigenvalue weighted by atomic mass is 10.2. The van der Waals surface area contributed by atoms with Gasteiger partial charge in [0.05, 0.1) is 11.6 Å². The van der Waals surface area contributed by atoms with Gasteiger partial charge in [0, 0.05) is 19.3 Å². The summed E-state index contributed by atoms with van der Waals surface area (Å²) in [5.74, 6) is 1.31. The fourth-order valence-electron chi connectivity index (χ4n) is 2.83. The van der Waals surface area contributed by atoms with E-state index in [-0.39, 0.29) is 0 Å². The van der Waals surface area contributed by atoms with Gasteiger partial charge in [-0.2, -0.15) is 15.1 Å². The Kier molecular flexibility index (Phi) is 4.23. The molecule has 6 nitrogen and oxygen atoms in total. The van der Waals surface area contributed by atoms with Crippen molar-refractivity contribution in [2.75, 3.05) is 10.6 Å². The van der Waals surface area contributed by atoms with Crippen molar-refractivity contribution in [3.05, 3.63) is 71.9 Å². The average molecular weight is 344 g/mol. The second-order valence-corrected chi connectivity index (χ2v) is 6.23. The molecule has 4 aromatic rings. The molecule has 0 atom stereocenters. The van der Waals surface area contributed by atoms with E-state index < -0.39 is 0 Å². The fourth-order valence-corrected chi connectivity index (χ4v) is 2.83. The van der Waals surface area contributed by atoms with Gasteiger partial charge in [0.15, 0.2) is 5.65 Å². The fraction of sp³-hybridized carbons (Fsp3) is 0.150. The highest BCUT2D eigenvalue weighted by Crippen LogP contribution is 2.25. The first-order chi connectivity index (χ1) is 12.7. The van der Waals surface area contributed by atoms with Gasteiger partial charge in [-0.15, -0.1) is 0 Å². The third-order valence-corrected chi connectivity index (χ3v) is 4.17. The molecule has 2 aromatic heterocycles. The van der Waals surface area contributed by atoms with Crippen LogP contribution in [0.5, 0.6) is 0 Å². The molecular weight excluding hydrogens is 324 g/mol. The lowest BCUT2D eigenvalue weighted by Crippen LogP contribution is -2.07. The lowest BCUT2D eigenvalue weighted by Gasteiger charge is -2.11. The summed E-state index contributed by atoms with van der Waals surface area (Å²) in [6, 6.07) is 18.4. The van der Waals surface area contributed by atoms with Crippen molar-refractivity contribution >= 4 is 28.5 Å². The molecule has 2 heterocycles. The molecular formula is C20H20N6. The minimum atomic E-state index is 0.570. The molecule has 0 radical (unpaired) electrons. The van der Waals surface area contributed by atoms with Crippen LogP contribution in [-0.2, 0) is 13.6 Å². The van der Waals surface area contributed by atoms with Crippen LogP contribution in [0.15, 0.2) is 60.8 Å². The number of nitrogens with zero attached hydrogens (tertiary/aromatic N) is 4. The second kappa shape index (κ2) is 6.84. The number of aromatic nitrogens is 4. The van der Waals surface area contributed by atoms with Crippen molar-refractivity contribution in [1.29, 1.82) is 0 Å². The minimum absolute atomic E-state index is 0.570. The van der Waals surface area contributed by atoms with Gasteiger partial charge in [0.1, 0.15) is 5.82 Å². The normalized spacial score (nSPS) is 10.8. The summed E-state index contributed by atoms with van der Waals surface area (Å²) in [7, 11) is 1.88. The van der Waals surface area contributed by atoms with E-state index in [1.165, 1.54) is 11.1 Å². The monoisotopic (exact) mass is 344 g/mol. The van der Waals surface area contributed by atoms with E-state index in [2.05, 4.69) is 56.9 Å². The SMILES string of the molecule is Cc1cccc(Nc2nc(NCc3ccccc3)nc3c2cnn3C)c1. The van der Waals surface area contributed by atoms with Crippen LogP contribution in [0, 0.1) is 6.92 Å². The maximum Gasteiger partial charge on any atom is 0.227 e. The van der Waals surface area contributed by atoms with E-state index in [4.69, 9.17) is 0 Å². The molecule has 0 fully saturated rings. The number of rotatable bonds is 5. The Morgan fingerprint density at radius 3 is 2.65 bits per heavy atom. The van der Waals surface area contributed by atoms with Crippen molar-refractivity contribution < 1.29 is 0 Å². The molecule has 2 aromatic carbocycles. The van der Waals surface area contributed by atoms with E-state index in [0.717, 1.165) is 22.5 Å². The number of fused-ring (bicyclic) bond motifs is 1. The highest BCUT2D eigenvalue weighted by molar-refractivity contribution is 5.89. The van der Waals surface area contributed by atoms with Gasteiger partial charge in [0.25, 0.3) is 0 Å². The van der Waals surface area contributed by atoms with Crippen LogP contribution in [0.2, 0.25) is 0 Å². The second-order valence-electron chi connectivity index (χ2n) is 6.23. The summed E-state index contributed by atoms with van der Waals surface area (Å²) in [5, 5.41) is 11.9. The highest BCUT2D eigenvalue weighted by atomic mass is 15.3. The summed E-state index contributed by atoms with van der Waals surface area (Å²) in [6.07, 6.45) is 1.79. The van der Waals surface area contributed by atoms with Gasteiger partial charge in [-0.25, -0.2) is 0 Å². The lowest BCUT2D eigenvalue weighted by molar-refractivity contribution is 0.785. The molecule has 4 rings (SSSR count). The average Bonchev–Trinajstić information content (AvgIpc) is 3.02. The summed E-state index contributed by atoms with van der Waals surface area (Å²) in [6.45, 7) is 2.73. The predicted octanol–water partition coefficient (Wildman–Crippen LogP) is 4.03. The van der Waals surface area contributed by atoms with Crippen LogP contribution < -0.4 is 10.6 Å². The largest absolute Gasteiger partial charge is 0.350 e. The van der Waals surface area contributed by atoms with Crippen molar-refractivity contribution in [1.82, 2.24) is 19.7 Å². The predicted molar refractivity (Wildman–Crippen MR) is 105 cm³/mol. The van der Waals surface area contributed by atoms with Gasteiger partial charge in [-0.3, -0.25) is 4.68 Å². The van der Waals surface area contributed by atoms with Gasteiger partial charge in [-0.1, -0.05) is 42.5 Å². The van der Waals surface area contributed by atoms with Crippen LogP contribution in [0.4, 0.5) is 17.5 Å². The number of benzene rings is 2. The zero-order chi connectivity index (χ0) is 17.9. The smallest absolute Gasteiger partial charge is 0.227 e. The van der Waals surface area contributed by atoms with Crippen molar-refractivity contribution in [3.63, 3.8) is 0 Å². The van der Waals surface area contributed by atoms with Crippen LogP contribution in [-0.4, -0.2) is 19.7 Å². The number of nitrogens with one attached hydrogen (secondary N) is 2. The van der Waals surface area contributed by atoms with Crippen LogP contribution >= 0.6 is 0 Å². The summed E-state index contributed by atoms with van der Waals surface area (Å²) in [4.78, 5) is 9.28. The molecule has 0 spiro atoms. The van der Waals surface area contributed by atoms with Crippen LogP contribution in [0.3, 0.4) is 0 Å². The van der Waals surface area contributed by atoms with Gasteiger partial charge >= 0.3 is 0 Å². The van der Waals surface area contributed by atoms with Crippen molar-refractivity contribution in [2.24, 2.45) is 7.05 Å².